The van der Waals surface area contributed by atoms with Crippen LogP contribution >= 0.6 is 0 Å². The number of rotatable bonds is 7. The van der Waals surface area contributed by atoms with Gasteiger partial charge in [0.25, 0.3) is 0 Å². The Morgan fingerprint density at radius 3 is 2.47 bits per heavy atom. The van der Waals surface area contributed by atoms with E-state index < -0.39 is 17.9 Å². The molecule has 36 heavy (non-hydrogen) atoms. The molecule has 0 spiro atoms. The van der Waals surface area contributed by atoms with Gasteiger partial charge in [-0.05, 0) is 60.4 Å². The first-order valence-electron chi connectivity index (χ1n) is 12.2. The van der Waals surface area contributed by atoms with E-state index in [4.69, 9.17) is 15.8 Å². The van der Waals surface area contributed by atoms with E-state index in [1.54, 1.807) is 24.1 Å². The number of nitrogens with two attached hydrogens (primary N) is 1. The SMILES string of the molecule is CCCc1ccc(CCc2ccc(C3N=C([C@@H]4CCCN4/C(N)=N/O)ON3C)cc2C(F)(F)F)cc1. The number of halogens is 3. The maximum absolute atomic E-state index is 14.0. The van der Waals surface area contributed by atoms with Crippen LogP contribution in [-0.2, 0) is 30.3 Å². The van der Waals surface area contributed by atoms with Gasteiger partial charge in [0, 0.05) is 13.6 Å². The van der Waals surface area contributed by atoms with Crippen molar-refractivity contribution < 1.29 is 23.2 Å². The van der Waals surface area contributed by atoms with E-state index in [0.717, 1.165) is 24.8 Å². The van der Waals surface area contributed by atoms with Crippen LogP contribution in [-0.4, -0.2) is 46.7 Å². The highest BCUT2D eigenvalue weighted by atomic mass is 19.4. The summed E-state index contributed by atoms with van der Waals surface area (Å²) in [6.07, 6.45) is -0.888. The molecule has 10 heteroatoms. The number of aryl methyl sites for hydroxylation is 3. The van der Waals surface area contributed by atoms with Crippen molar-refractivity contribution in [3.63, 3.8) is 0 Å². The Kier molecular flexibility index (Phi) is 7.73. The number of hydrogen-bond acceptors (Lipinski definition) is 5. The van der Waals surface area contributed by atoms with Crippen molar-refractivity contribution in [1.29, 1.82) is 0 Å². The summed E-state index contributed by atoms with van der Waals surface area (Å²) < 4.78 is 42.1. The predicted molar refractivity (Wildman–Crippen MR) is 131 cm³/mol. The van der Waals surface area contributed by atoms with Crippen LogP contribution in [0.1, 0.15) is 60.2 Å². The molecular weight excluding hydrogens is 471 g/mol. The second kappa shape index (κ2) is 10.8. The molecule has 0 bridgehead atoms. The third kappa shape index (κ3) is 5.59. The smallest absolute Gasteiger partial charge is 0.408 e. The van der Waals surface area contributed by atoms with Crippen LogP contribution in [0.4, 0.5) is 13.2 Å². The standard InChI is InChI=1S/C26H32F3N5O2/c1-3-5-17-7-9-18(10-8-17)11-12-19-13-14-20(16-21(19)26(27,28)29)23-31-24(36-33(23)2)22-6-4-15-34(22)25(30)32-35/h7-10,13-14,16,22-23,35H,3-6,11-12,15H2,1-2H3,(H2,30,32)/t22-,23?/m0/s1. The minimum absolute atomic E-state index is 0.0429. The quantitative estimate of drug-likeness (QED) is 0.243. The summed E-state index contributed by atoms with van der Waals surface area (Å²) in [6.45, 7) is 2.69. The highest BCUT2D eigenvalue weighted by molar-refractivity contribution is 5.89. The number of likely N-dealkylation sites (tertiary alicyclic amines) is 1. The van der Waals surface area contributed by atoms with E-state index >= 15 is 0 Å². The Bertz CT molecular complexity index is 1120. The molecule has 4 rings (SSSR count). The van der Waals surface area contributed by atoms with Crippen LogP contribution in [0.2, 0.25) is 0 Å². The van der Waals surface area contributed by atoms with Crippen molar-refractivity contribution in [3.05, 3.63) is 70.3 Å². The van der Waals surface area contributed by atoms with Crippen LogP contribution in [0.15, 0.2) is 52.6 Å². The molecule has 2 heterocycles. The number of aliphatic imine (C=N–C) groups is 1. The molecule has 1 fully saturated rings. The zero-order valence-electron chi connectivity index (χ0n) is 20.5. The molecule has 0 saturated carbocycles. The predicted octanol–water partition coefficient (Wildman–Crippen LogP) is 4.89. The molecule has 2 aliphatic heterocycles. The number of alkyl halides is 3. The van der Waals surface area contributed by atoms with E-state index in [1.165, 1.54) is 16.7 Å². The summed E-state index contributed by atoms with van der Waals surface area (Å²) in [6, 6.07) is 12.1. The van der Waals surface area contributed by atoms with E-state index in [0.29, 0.717) is 30.8 Å². The molecule has 7 nitrogen and oxygen atoms in total. The van der Waals surface area contributed by atoms with Gasteiger partial charge >= 0.3 is 6.18 Å². The van der Waals surface area contributed by atoms with Crippen molar-refractivity contribution in [2.24, 2.45) is 15.9 Å². The number of nitrogens with zero attached hydrogens (tertiary/aromatic N) is 4. The number of hydroxylamine groups is 2. The lowest BCUT2D eigenvalue weighted by molar-refractivity contribution is -0.138. The maximum Gasteiger partial charge on any atom is 0.416 e. The Morgan fingerprint density at radius 2 is 1.83 bits per heavy atom. The van der Waals surface area contributed by atoms with E-state index in [1.807, 2.05) is 24.3 Å². The van der Waals surface area contributed by atoms with Crippen molar-refractivity contribution in [1.82, 2.24) is 9.96 Å². The average molecular weight is 504 g/mol. The summed E-state index contributed by atoms with van der Waals surface area (Å²) in [4.78, 5) is 12.0. The molecule has 2 aliphatic rings. The molecule has 2 aromatic rings. The van der Waals surface area contributed by atoms with E-state index in [2.05, 4.69) is 17.1 Å². The van der Waals surface area contributed by atoms with Crippen LogP contribution in [0.5, 0.6) is 0 Å². The fourth-order valence-corrected chi connectivity index (χ4v) is 4.89. The van der Waals surface area contributed by atoms with Crippen LogP contribution in [0.25, 0.3) is 0 Å². The molecule has 0 aliphatic carbocycles. The maximum atomic E-state index is 14.0. The lowest BCUT2D eigenvalue weighted by atomic mass is 9.96. The Labute approximate surface area is 209 Å². The van der Waals surface area contributed by atoms with Gasteiger partial charge in [-0.2, -0.15) is 13.2 Å². The normalized spacial score (nSPS) is 21.1. The summed E-state index contributed by atoms with van der Waals surface area (Å²) in [5, 5.41) is 13.5. The number of guanidine groups is 1. The lowest BCUT2D eigenvalue weighted by Gasteiger charge is -2.24. The molecule has 0 aromatic heterocycles. The largest absolute Gasteiger partial charge is 0.416 e. The fraction of sp³-hybridized carbons (Fsp3) is 0.462. The van der Waals surface area contributed by atoms with Gasteiger partial charge in [0.05, 0.1) is 5.56 Å². The van der Waals surface area contributed by atoms with Gasteiger partial charge in [-0.15, -0.1) is 5.06 Å². The van der Waals surface area contributed by atoms with E-state index in [9.17, 15) is 13.2 Å². The van der Waals surface area contributed by atoms with E-state index in [-0.39, 0.29) is 24.0 Å². The molecular formula is C26H32F3N5O2. The molecule has 0 radical (unpaired) electrons. The van der Waals surface area contributed by atoms with Gasteiger partial charge in [0.2, 0.25) is 11.9 Å². The molecule has 1 unspecified atom stereocenters. The van der Waals surface area contributed by atoms with Crippen LogP contribution in [0.3, 0.4) is 0 Å². The lowest BCUT2D eigenvalue weighted by Crippen LogP contribution is -2.45. The molecule has 194 valence electrons. The molecule has 2 aromatic carbocycles. The summed E-state index contributed by atoms with van der Waals surface area (Å²) in [7, 11) is 1.63. The summed E-state index contributed by atoms with van der Waals surface area (Å²) >= 11 is 0. The van der Waals surface area contributed by atoms with Gasteiger partial charge in [0.1, 0.15) is 6.04 Å². The van der Waals surface area contributed by atoms with Gasteiger partial charge in [-0.3, -0.25) is 0 Å². The molecule has 3 N–H and O–H groups in total. The zero-order chi connectivity index (χ0) is 25.9. The van der Waals surface area contributed by atoms with Crippen molar-refractivity contribution in [2.75, 3.05) is 13.6 Å². The Balaban J connectivity index is 1.55. The summed E-state index contributed by atoms with van der Waals surface area (Å²) in [5.74, 6) is 0.300. The topological polar surface area (TPSA) is 86.7 Å². The average Bonchev–Trinajstić information content (AvgIpc) is 3.49. The van der Waals surface area contributed by atoms with Gasteiger partial charge in [-0.25, -0.2) is 4.99 Å². The van der Waals surface area contributed by atoms with Crippen molar-refractivity contribution in [2.45, 2.75) is 63.8 Å². The fourth-order valence-electron chi connectivity index (χ4n) is 4.89. The first-order chi connectivity index (χ1) is 17.2. The van der Waals surface area contributed by atoms with Crippen LogP contribution in [0, 0.1) is 0 Å². The number of oxime groups is 1. The monoisotopic (exact) mass is 503 g/mol. The zero-order valence-corrected chi connectivity index (χ0v) is 20.5. The number of hydrogen-bond donors (Lipinski definition) is 2. The second-order valence-corrected chi connectivity index (χ2v) is 9.27. The molecule has 2 atom stereocenters. The van der Waals surface area contributed by atoms with Gasteiger partial charge in [0.15, 0.2) is 6.17 Å². The third-order valence-corrected chi connectivity index (χ3v) is 6.75. The minimum atomic E-state index is -4.49. The second-order valence-electron chi connectivity index (χ2n) is 9.27. The Morgan fingerprint density at radius 1 is 1.14 bits per heavy atom. The first-order valence-corrected chi connectivity index (χ1v) is 12.2. The van der Waals surface area contributed by atoms with Crippen molar-refractivity contribution in [3.8, 4) is 0 Å². The van der Waals surface area contributed by atoms with Crippen molar-refractivity contribution >= 4 is 11.9 Å². The molecule has 0 amide bonds. The van der Waals surface area contributed by atoms with Gasteiger partial charge < -0.3 is 20.7 Å². The highest BCUT2D eigenvalue weighted by Gasteiger charge is 2.39. The minimum Gasteiger partial charge on any atom is -0.408 e. The Hall–Kier alpha value is -3.27. The molecule has 1 saturated heterocycles. The first kappa shape index (κ1) is 25.8. The third-order valence-electron chi connectivity index (χ3n) is 6.75. The number of benzene rings is 2. The van der Waals surface area contributed by atoms with Crippen LogP contribution < -0.4 is 5.73 Å². The summed E-state index contributed by atoms with van der Waals surface area (Å²) in [5.41, 5.74) is 8.00. The highest BCUT2D eigenvalue weighted by Crippen LogP contribution is 2.37. The van der Waals surface area contributed by atoms with Gasteiger partial charge in [-0.1, -0.05) is 54.9 Å².